The van der Waals surface area contributed by atoms with E-state index in [1.54, 1.807) is 6.07 Å². The van der Waals surface area contributed by atoms with Crippen LogP contribution in [0.15, 0.2) is 66.7 Å². The molecule has 0 aromatic heterocycles. The predicted molar refractivity (Wildman–Crippen MR) is 100 cm³/mol. The standard InChI is InChI=1S/C22H20F3NO/c1-15(19-11-5-8-17-7-2-3-10-20(17)19)26-21(27)13-12-16-6-4-9-18(14-16)22(23,24)25/h2-11,14-15H,12-13H2,1H3,(H,26,27)/t15-/m0/s1. The van der Waals surface area contributed by atoms with E-state index in [2.05, 4.69) is 5.32 Å². The highest BCUT2D eigenvalue weighted by Crippen LogP contribution is 2.30. The van der Waals surface area contributed by atoms with Crippen LogP contribution in [0.2, 0.25) is 0 Å². The molecule has 5 heteroatoms. The van der Waals surface area contributed by atoms with Gasteiger partial charge >= 0.3 is 6.18 Å². The summed E-state index contributed by atoms with van der Waals surface area (Å²) in [6.07, 6.45) is -3.98. The molecule has 0 aliphatic carbocycles. The Balaban J connectivity index is 1.64. The number of aryl methyl sites for hydroxylation is 1. The Hall–Kier alpha value is -2.82. The Labute approximate surface area is 156 Å². The van der Waals surface area contributed by atoms with Crippen molar-refractivity contribution in [2.24, 2.45) is 0 Å². The molecule has 0 spiro atoms. The van der Waals surface area contributed by atoms with Gasteiger partial charge in [0.2, 0.25) is 5.91 Å². The molecule has 27 heavy (non-hydrogen) atoms. The van der Waals surface area contributed by atoms with E-state index in [4.69, 9.17) is 0 Å². The second kappa shape index (κ2) is 7.82. The molecule has 0 unspecified atom stereocenters. The number of hydrogen-bond donors (Lipinski definition) is 1. The van der Waals surface area contributed by atoms with Crippen LogP contribution in [-0.2, 0) is 17.4 Å². The third kappa shape index (κ3) is 4.67. The van der Waals surface area contributed by atoms with Crippen LogP contribution in [-0.4, -0.2) is 5.91 Å². The minimum atomic E-state index is -4.37. The average Bonchev–Trinajstić information content (AvgIpc) is 2.65. The third-order valence-corrected chi connectivity index (χ3v) is 4.56. The van der Waals surface area contributed by atoms with Crippen molar-refractivity contribution in [1.82, 2.24) is 5.32 Å². The van der Waals surface area contributed by atoms with E-state index in [1.807, 2.05) is 49.4 Å². The quantitative estimate of drug-likeness (QED) is 0.615. The second-order valence-corrected chi connectivity index (χ2v) is 6.56. The number of benzene rings is 3. The molecular formula is C22H20F3NO. The maximum Gasteiger partial charge on any atom is 0.416 e. The first kappa shape index (κ1) is 19.0. The second-order valence-electron chi connectivity index (χ2n) is 6.56. The molecule has 0 heterocycles. The summed E-state index contributed by atoms with van der Waals surface area (Å²) in [6, 6.07) is 18.8. The lowest BCUT2D eigenvalue weighted by Gasteiger charge is -2.17. The van der Waals surface area contributed by atoms with Crippen molar-refractivity contribution in [3.63, 3.8) is 0 Å². The van der Waals surface area contributed by atoms with Crippen LogP contribution in [0.25, 0.3) is 10.8 Å². The SMILES string of the molecule is C[C@H](NC(=O)CCc1cccc(C(F)(F)F)c1)c1cccc2ccccc12. The number of hydrogen-bond acceptors (Lipinski definition) is 1. The summed E-state index contributed by atoms with van der Waals surface area (Å²) >= 11 is 0. The zero-order chi connectivity index (χ0) is 19.4. The molecule has 3 aromatic carbocycles. The highest BCUT2D eigenvalue weighted by Gasteiger charge is 2.30. The van der Waals surface area contributed by atoms with Gasteiger partial charge in [-0.25, -0.2) is 0 Å². The van der Waals surface area contributed by atoms with Crippen LogP contribution in [0, 0.1) is 0 Å². The molecule has 2 nitrogen and oxygen atoms in total. The lowest BCUT2D eigenvalue weighted by atomic mass is 9.99. The lowest BCUT2D eigenvalue weighted by molar-refractivity contribution is -0.137. The Morgan fingerprint density at radius 2 is 1.70 bits per heavy atom. The van der Waals surface area contributed by atoms with Gasteiger partial charge in [-0.05, 0) is 41.3 Å². The third-order valence-electron chi connectivity index (χ3n) is 4.56. The van der Waals surface area contributed by atoms with Gasteiger partial charge < -0.3 is 5.32 Å². The first-order chi connectivity index (χ1) is 12.8. The molecule has 0 bridgehead atoms. The van der Waals surface area contributed by atoms with Gasteiger partial charge in [-0.1, -0.05) is 60.7 Å². The van der Waals surface area contributed by atoms with Crippen molar-refractivity contribution in [3.05, 3.63) is 83.4 Å². The first-order valence-corrected chi connectivity index (χ1v) is 8.78. The number of amides is 1. The van der Waals surface area contributed by atoms with Gasteiger partial charge in [0.15, 0.2) is 0 Å². The molecule has 0 aliphatic heterocycles. The first-order valence-electron chi connectivity index (χ1n) is 8.78. The molecule has 3 aromatic rings. The molecule has 0 aliphatic rings. The van der Waals surface area contributed by atoms with E-state index in [-0.39, 0.29) is 24.8 Å². The normalized spacial score (nSPS) is 12.7. The summed E-state index contributed by atoms with van der Waals surface area (Å²) in [6.45, 7) is 1.91. The average molecular weight is 371 g/mol. The van der Waals surface area contributed by atoms with Gasteiger partial charge in [-0.3, -0.25) is 4.79 Å². The zero-order valence-corrected chi connectivity index (χ0v) is 14.9. The van der Waals surface area contributed by atoms with Crippen LogP contribution in [0.5, 0.6) is 0 Å². The van der Waals surface area contributed by atoms with Crippen molar-refractivity contribution >= 4 is 16.7 Å². The monoisotopic (exact) mass is 371 g/mol. The molecule has 140 valence electrons. The van der Waals surface area contributed by atoms with Gasteiger partial charge in [-0.15, -0.1) is 0 Å². The van der Waals surface area contributed by atoms with Crippen molar-refractivity contribution in [1.29, 1.82) is 0 Å². The number of alkyl halides is 3. The molecule has 1 atom stereocenters. The smallest absolute Gasteiger partial charge is 0.350 e. The van der Waals surface area contributed by atoms with E-state index in [1.165, 1.54) is 6.07 Å². The fraction of sp³-hybridized carbons (Fsp3) is 0.227. The molecular weight excluding hydrogens is 351 g/mol. The highest BCUT2D eigenvalue weighted by molar-refractivity contribution is 5.86. The van der Waals surface area contributed by atoms with Gasteiger partial charge in [0.25, 0.3) is 0 Å². The Morgan fingerprint density at radius 3 is 2.48 bits per heavy atom. The molecule has 3 rings (SSSR count). The fourth-order valence-electron chi connectivity index (χ4n) is 3.18. The number of rotatable bonds is 5. The Bertz CT molecular complexity index is 944. The molecule has 1 amide bonds. The molecule has 0 fully saturated rings. The van der Waals surface area contributed by atoms with Crippen LogP contribution in [0.3, 0.4) is 0 Å². The van der Waals surface area contributed by atoms with E-state index in [0.717, 1.165) is 28.5 Å². The summed E-state index contributed by atoms with van der Waals surface area (Å²) in [4.78, 5) is 12.3. The zero-order valence-electron chi connectivity index (χ0n) is 14.9. The molecule has 0 radical (unpaired) electrons. The highest BCUT2D eigenvalue weighted by atomic mass is 19.4. The Morgan fingerprint density at radius 1 is 1.00 bits per heavy atom. The number of fused-ring (bicyclic) bond motifs is 1. The lowest BCUT2D eigenvalue weighted by Crippen LogP contribution is -2.27. The molecule has 1 N–H and O–H groups in total. The van der Waals surface area contributed by atoms with Crippen LogP contribution >= 0.6 is 0 Å². The van der Waals surface area contributed by atoms with Gasteiger partial charge in [0.1, 0.15) is 0 Å². The number of carbonyl (C=O) groups is 1. The summed E-state index contributed by atoms with van der Waals surface area (Å²) in [7, 11) is 0. The largest absolute Gasteiger partial charge is 0.416 e. The van der Waals surface area contributed by atoms with E-state index in [9.17, 15) is 18.0 Å². The summed E-state index contributed by atoms with van der Waals surface area (Å²) in [5, 5.41) is 5.11. The number of nitrogens with one attached hydrogen (secondary N) is 1. The minimum Gasteiger partial charge on any atom is -0.350 e. The minimum absolute atomic E-state index is 0.135. The Kier molecular flexibility index (Phi) is 5.49. The summed E-state index contributed by atoms with van der Waals surface area (Å²) < 4.78 is 38.3. The van der Waals surface area contributed by atoms with Crippen molar-refractivity contribution < 1.29 is 18.0 Å². The fourth-order valence-corrected chi connectivity index (χ4v) is 3.18. The van der Waals surface area contributed by atoms with Gasteiger partial charge in [0, 0.05) is 6.42 Å². The molecule has 0 saturated heterocycles. The van der Waals surface area contributed by atoms with Crippen LogP contribution < -0.4 is 5.32 Å². The van der Waals surface area contributed by atoms with Crippen molar-refractivity contribution in [3.8, 4) is 0 Å². The van der Waals surface area contributed by atoms with Crippen molar-refractivity contribution in [2.45, 2.75) is 32.0 Å². The van der Waals surface area contributed by atoms with Crippen molar-refractivity contribution in [2.75, 3.05) is 0 Å². The maximum absolute atomic E-state index is 12.8. The van der Waals surface area contributed by atoms with E-state index < -0.39 is 11.7 Å². The van der Waals surface area contributed by atoms with Crippen LogP contribution in [0.4, 0.5) is 13.2 Å². The maximum atomic E-state index is 12.8. The number of halogens is 3. The molecule has 0 saturated carbocycles. The summed E-state index contributed by atoms with van der Waals surface area (Å²) in [5.74, 6) is -0.187. The topological polar surface area (TPSA) is 29.1 Å². The van der Waals surface area contributed by atoms with E-state index >= 15 is 0 Å². The van der Waals surface area contributed by atoms with Gasteiger partial charge in [-0.2, -0.15) is 13.2 Å². The number of carbonyl (C=O) groups excluding carboxylic acids is 1. The predicted octanol–water partition coefficient (Wildman–Crippen LogP) is 5.67. The summed E-state index contributed by atoms with van der Waals surface area (Å²) in [5.41, 5.74) is 0.822. The van der Waals surface area contributed by atoms with E-state index in [0.29, 0.717) is 5.56 Å². The van der Waals surface area contributed by atoms with Crippen LogP contribution in [0.1, 0.15) is 36.1 Å². The van der Waals surface area contributed by atoms with Gasteiger partial charge in [0.05, 0.1) is 11.6 Å².